The van der Waals surface area contributed by atoms with Gasteiger partial charge in [-0.3, -0.25) is 9.59 Å². The van der Waals surface area contributed by atoms with Gasteiger partial charge < -0.3 is 28.8 Å². The lowest BCUT2D eigenvalue weighted by Gasteiger charge is -2.25. The molecule has 1 aliphatic rings. The van der Waals surface area contributed by atoms with Crippen LogP contribution in [-0.4, -0.2) is 77.1 Å². The molecule has 1 fully saturated rings. The first-order valence-electron chi connectivity index (χ1n) is 12.6. The topological polar surface area (TPSA) is 114 Å². The predicted octanol–water partition coefficient (Wildman–Crippen LogP) is 3.15. The highest BCUT2D eigenvalue weighted by molar-refractivity contribution is 5.95. The van der Waals surface area contributed by atoms with Gasteiger partial charge in [-0.15, -0.1) is 0 Å². The van der Waals surface area contributed by atoms with Gasteiger partial charge >= 0.3 is 0 Å². The zero-order chi connectivity index (χ0) is 26.2. The maximum atomic E-state index is 14.5. The third kappa shape index (κ3) is 6.94. The van der Waals surface area contributed by atoms with Gasteiger partial charge in [0.2, 0.25) is 17.6 Å². The number of carbonyl (C=O) groups excluding carboxylic acids is 2. The van der Waals surface area contributed by atoms with Gasteiger partial charge in [0.1, 0.15) is 17.6 Å². The van der Waals surface area contributed by atoms with E-state index in [1.54, 1.807) is 36.1 Å². The van der Waals surface area contributed by atoms with Gasteiger partial charge in [-0.05, 0) is 50.6 Å². The maximum Gasteiger partial charge on any atom is 0.287 e. The van der Waals surface area contributed by atoms with E-state index in [0.717, 1.165) is 32.5 Å². The van der Waals surface area contributed by atoms with Gasteiger partial charge in [0.05, 0.1) is 18.4 Å². The van der Waals surface area contributed by atoms with Crippen LogP contribution >= 0.6 is 0 Å². The van der Waals surface area contributed by atoms with Gasteiger partial charge in [0.25, 0.3) is 5.91 Å². The Morgan fingerprint density at radius 3 is 2.81 bits per heavy atom. The van der Waals surface area contributed by atoms with Gasteiger partial charge in [0, 0.05) is 38.7 Å². The summed E-state index contributed by atoms with van der Waals surface area (Å²) in [4.78, 5) is 33.2. The second-order valence-corrected chi connectivity index (χ2v) is 8.90. The first-order chi connectivity index (χ1) is 17.9. The molecule has 3 aromatic rings. The Kier molecular flexibility index (Phi) is 8.89. The van der Waals surface area contributed by atoms with Crippen LogP contribution < -0.4 is 10.1 Å². The number of hydrogen-bond acceptors (Lipinski definition) is 8. The molecular weight excluding hydrogens is 481 g/mol. The summed E-state index contributed by atoms with van der Waals surface area (Å²) in [5.74, 6) is 0.331. The fraction of sp³-hybridized carbons (Fsp3) is 0.462. The average molecular weight is 514 g/mol. The summed E-state index contributed by atoms with van der Waals surface area (Å²) < 4.78 is 30.4. The van der Waals surface area contributed by atoms with Crippen LogP contribution in [0, 0.1) is 5.82 Å². The number of furan rings is 1. The van der Waals surface area contributed by atoms with Crippen LogP contribution in [0.5, 0.6) is 5.75 Å². The van der Waals surface area contributed by atoms with Crippen LogP contribution in [0.3, 0.4) is 0 Å². The van der Waals surface area contributed by atoms with Crippen molar-refractivity contribution in [1.82, 2.24) is 25.3 Å². The first-order valence-corrected chi connectivity index (χ1v) is 12.6. The molecule has 0 bridgehead atoms. The zero-order valence-electron chi connectivity index (χ0n) is 21.1. The highest BCUT2D eigenvalue weighted by Gasteiger charge is 2.25. The van der Waals surface area contributed by atoms with E-state index < -0.39 is 17.8 Å². The van der Waals surface area contributed by atoms with Crippen molar-refractivity contribution in [3.8, 4) is 17.1 Å². The number of amides is 2. The Morgan fingerprint density at radius 2 is 2.08 bits per heavy atom. The van der Waals surface area contributed by atoms with Gasteiger partial charge in [-0.2, -0.15) is 4.98 Å². The molecule has 0 unspecified atom stereocenters. The first kappa shape index (κ1) is 26.3. The quantitative estimate of drug-likeness (QED) is 0.411. The minimum absolute atomic E-state index is 0.109. The molecule has 0 saturated carbocycles. The molecule has 0 spiro atoms. The predicted molar refractivity (Wildman–Crippen MR) is 132 cm³/mol. The summed E-state index contributed by atoms with van der Waals surface area (Å²) in [5.41, 5.74) is 0.273. The van der Waals surface area contributed by atoms with E-state index >= 15 is 0 Å². The number of nitrogens with one attached hydrogen (secondary N) is 1. The normalized spacial score (nSPS) is 15.3. The van der Waals surface area contributed by atoms with E-state index in [1.807, 2.05) is 6.92 Å². The van der Waals surface area contributed by atoms with Crippen molar-refractivity contribution in [3.05, 3.63) is 54.1 Å². The van der Waals surface area contributed by atoms with Crippen molar-refractivity contribution in [2.75, 3.05) is 39.3 Å². The van der Waals surface area contributed by atoms with Crippen molar-refractivity contribution in [1.29, 1.82) is 0 Å². The summed E-state index contributed by atoms with van der Waals surface area (Å²) >= 11 is 0. The smallest absolute Gasteiger partial charge is 0.287 e. The van der Waals surface area contributed by atoms with E-state index in [2.05, 4.69) is 20.4 Å². The molecule has 1 saturated heterocycles. The lowest BCUT2D eigenvalue weighted by Crippen LogP contribution is -2.48. The number of aromatic nitrogens is 2. The Hall–Kier alpha value is -3.73. The fourth-order valence-corrected chi connectivity index (χ4v) is 4.18. The number of benzene rings is 1. The van der Waals surface area contributed by atoms with Crippen LogP contribution in [0.1, 0.15) is 43.1 Å². The van der Waals surface area contributed by atoms with Gasteiger partial charge in [0.15, 0.2) is 5.76 Å². The summed E-state index contributed by atoms with van der Waals surface area (Å²) in [5, 5.41) is 6.51. The summed E-state index contributed by atoms with van der Waals surface area (Å²) in [6.07, 6.45) is 3.61. The maximum absolute atomic E-state index is 14.5. The number of aryl methyl sites for hydroxylation is 1. The van der Waals surface area contributed by atoms with Crippen LogP contribution in [0.25, 0.3) is 11.4 Å². The molecule has 1 atom stereocenters. The van der Waals surface area contributed by atoms with E-state index in [1.165, 1.54) is 12.3 Å². The highest BCUT2D eigenvalue weighted by Crippen LogP contribution is 2.24. The van der Waals surface area contributed by atoms with Crippen molar-refractivity contribution in [2.45, 2.75) is 39.2 Å². The lowest BCUT2D eigenvalue weighted by molar-refractivity contribution is -0.132. The largest absolute Gasteiger partial charge is 0.493 e. The standard InChI is InChI=1S/C26H32FN5O5/c1-3-23-29-24(30-37-23)20-9-8-19(17-21(20)27)35-16-6-11-31-10-5-12-32(14-13-31)26(34)18(2)28-25(33)22-7-4-15-36-22/h4,7-9,15,17-18H,3,5-6,10-14,16H2,1-2H3,(H,28,33)/t18-/m0/s1. The number of ether oxygens (including phenoxy) is 1. The second-order valence-electron chi connectivity index (χ2n) is 8.90. The molecule has 3 heterocycles. The van der Waals surface area contributed by atoms with Crippen LogP contribution in [0.4, 0.5) is 4.39 Å². The Bertz CT molecular complexity index is 1180. The molecule has 11 heteroatoms. The van der Waals surface area contributed by atoms with E-state index in [9.17, 15) is 14.0 Å². The van der Waals surface area contributed by atoms with E-state index in [0.29, 0.717) is 37.8 Å². The number of rotatable bonds is 10. The minimum atomic E-state index is -0.641. The molecule has 0 radical (unpaired) electrons. The second kappa shape index (κ2) is 12.5. The number of halogens is 1. The third-order valence-electron chi connectivity index (χ3n) is 6.20. The molecular formula is C26H32FN5O5. The number of hydrogen-bond donors (Lipinski definition) is 1. The molecule has 0 aliphatic carbocycles. The lowest BCUT2D eigenvalue weighted by atomic mass is 10.2. The Balaban J connectivity index is 1.18. The molecule has 2 aromatic heterocycles. The van der Waals surface area contributed by atoms with Gasteiger partial charge in [-0.25, -0.2) is 4.39 Å². The van der Waals surface area contributed by atoms with Crippen molar-refractivity contribution < 1.29 is 27.7 Å². The Labute approximate surface area is 214 Å². The van der Waals surface area contributed by atoms with Crippen LogP contribution in [-0.2, 0) is 11.2 Å². The van der Waals surface area contributed by atoms with Gasteiger partial charge in [-0.1, -0.05) is 12.1 Å². The third-order valence-corrected chi connectivity index (χ3v) is 6.20. The zero-order valence-corrected chi connectivity index (χ0v) is 21.1. The minimum Gasteiger partial charge on any atom is -0.493 e. The molecule has 1 aliphatic heterocycles. The van der Waals surface area contributed by atoms with E-state index in [4.69, 9.17) is 13.7 Å². The molecule has 2 amide bonds. The molecule has 4 rings (SSSR count). The summed E-state index contributed by atoms with van der Waals surface area (Å²) in [6.45, 7) is 7.64. The Morgan fingerprint density at radius 1 is 1.22 bits per heavy atom. The SMILES string of the molecule is CCc1nc(-c2ccc(OCCCN3CCCN(C(=O)[C@H](C)NC(=O)c4ccco4)CC3)cc2F)no1. The van der Waals surface area contributed by atoms with Crippen molar-refractivity contribution >= 4 is 11.8 Å². The monoisotopic (exact) mass is 513 g/mol. The fourth-order valence-electron chi connectivity index (χ4n) is 4.18. The number of nitrogens with zero attached hydrogens (tertiary/aromatic N) is 4. The molecule has 198 valence electrons. The van der Waals surface area contributed by atoms with Crippen molar-refractivity contribution in [2.24, 2.45) is 0 Å². The average Bonchev–Trinajstić information content (AvgIpc) is 3.55. The number of carbonyl (C=O) groups is 2. The molecule has 37 heavy (non-hydrogen) atoms. The van der Waals surface area contributed by atoms with E-state index in [-0.39, 0.29) is 23.1 Å². The van der Waals surface area contributed by atoms with Crippen LogP contribution in [0.15, 0.2) is 45.5 Å². The van der Waals surface area contributed by atoms with Crippen LogP contribution in [0.2, 0.25) is 0 Å². The molecule has 10 nitrogen and oxygen atoms in total. The molecule has 1 N–H and O–H groups in total. The molecule has 1 aromatic carbocycles. The summed E-state index contributed by atoms with van der Waals surface area (Å²) in [7, 11) is 0. The van der Waals surface area contributed by atoms with Crippen molar-refractivity contribution in [3.63, 3.8) is 0 Å². The summed E-state index contributed by atoms with van der Waals surface area (Å²) in [6, 6.07) is 7.17. The highest BCUT2D eigenvalue weighted by atomic mass is 19.1.